The van der Waals surface area contributed by atoms with E-state index in [1.54, 1.807) is 0 Å². The van der Waals surface area contributed by atoms with Gasteiger partial charge in [0, 0.05) is 24.4 Å². The van der Waals surface area contributed by atoms with Crippen LogP contribution in [0.2, 0.25) is 0 Å². The average molecular weight is 364 g/mol. The molecule has 0 spiro atoms. The summed E-state index contributed by atoms with van der Waals surface area (Å²) in [6.45, 7) is 0.295. The standard InChI is InChI=1S/C19H19F3N2O2/c20-19(21,22)14-5-3-6-16(12-14)26-18(25)23-11-10-15-9-8-13-4-1-2-7-17(13)24-15/h3,5-6,8-9,12H,1-2,4,7,10-11H2,(H,23,25). The molecule has 0 unspecified atom stereocenters. The number of hydrogen-bond donors (Lipinski definition) is 1. The highest BCUT2D eigenvalue weighted by atomic mass is 19.4. The molecule has 138 valence electrons. The highest BCUT2D eigenvalue weighted by Gasteiger charge is 2.30. The number of fused-ring (bicyclic) bond motifs is 1. The lowest BCUT2D eigenvalue weighted by Gasteiger charge is -2.15. The van der Waals surface area contributed by atoms with Crippen molar-refractivity contribution in [3.05, 3.63) is 58.9 Å². The molecule has 0 aliphatic heterocycles. The Balaban J connectivity index is 1.50. The Hall–Kier alpha value is -2.57. The largest absolute Gasteiger partial charge is 0.416 e. The summed E-state index contributed by atoms with van der Waals surface area (Å²) in [6, 6.07) is 8.25. The van der Waals surface area contributed by atoms with Crippen LogP contribution in [0.4, 0.5) is 18.0 Å². The van der Waals surface area contributed by atoms with Gasteiger partial charge in [0.05, 0.1) is 5.56 Å². The van der Waals surface area contributed by atoms with Crippen LogP contribution in [0.5, 0.6) is 5.75 Å². The third-order valence-electron chi connectivity index (χ3n) is 4.26. The molecule has 1 amide bonds. The second-order valence-electron chi connectivity index (χ2n) is 6.21. The lowest BCUT2D eigenvalue weighted by Crippen LogP contribution is -2.29. The number of hydrogen-bond acceptors (Lipinski definition) is 3. The van der Waals surface area contributed by atoms with Crippen LogP contribution < -0.4 is 10.1 Å². The Bertz CT molecular complexity index is 791. The number of benzene rings is 1. The van der Waals surface area contributed by atoms with Crippen molar-refractivity contribution in [3.8, 4) is 5.75 Å². The molecule has 2 aromatic rings. The number of pyridine rings is 1. The summed E-state index contributed by atoms with van der Waals surface area (Å²) >= 11 is 0. The van der Waals surface area contributed by atoms with Gasteiger partial charge in [-0.1, -0.05) is 12.1 Å². The third-order valence-corrected chi connectivity index (χ3v) is 4.26. The SMILES string of the molecule is O=C(NCCc1ccc2c(n1)CCCC2)Oc1cccc(C(F)(F)F)c1. The van der Waals surface area contributed by atoms with Gasteiger partial charge in [-0.3, -0.25) is 4.98 Å². The van der Waals surface area contributed by atoms with E-state index in [2.05, 4.69) is 16.4 Å². The first-order valence-electron chi connectivity index (χ1n) is 8.52. The van der Waals surface area contributed by atoms with Crippen molar-refractivity contribution in [3.63, 3.8) is 0 Å². The molecular weight excluding hydrogens is 345 g/mol. The number of rotatable bonds is 4. The van der Waals surface area contributed by atoms with Gasteiger partial charge in [-0.2, -0.15) is 13.2 Å². The summed E-state index contributed by atoms with van der Waals surface area (Å²) < 4.78 is 42.9. The summed E-state index contributed by atoms with van der Waals surface area (Å²) in [4.78, 5) is 16.4. The van der Waals surface area contributed by atoms with Crippen LogP contribution in [0.1, 0.15) is 35.4 Å². The maximum Gasteiger partial charge on any atom is 0.416 e. The minimum atomic E-state index is -4.48. The predicted molar refractivity (Wildman–Crippen MR) is 90.1 cm³/mol. The highest BCUT2D eigenvalue weighted by Crippen LogP contribution is 2.31. The zero-order valence-electron chi connectivity index (χ0n) is 14.1. The zero-order valence-corrected chi connectivity index (χ0v) is 14.1. The van der Waals surface area contributed by atoms with E-state index >= 15 is 0 Å². The molecule has 1 aliphatic carbocycles. The number of halogens is 3. The van der Waals surface area contributed by atoms with Crippen molar-refractivity contribution in [2.75, 3.05) is 6.54 Å². The molecule has 0 fully saturated rings. The van der Waals surface area contributed by atoms with Crippen LogP contribution in [-0.4, -0.2) is 17.6 Å². The van der Waals surface area contributed by atoms with Crippen LogP contribution in [-0.2, 0) is 25.4 Å². The molecule has 7 heteroatoms. The Labute approximate surface area is 149 Å². The molecule has 26 heavy (non-hydrogen) atoms. The number of carbonyl (C=O) groups is 1. The molecule has 1 aromatic heterocycles. The first-order chi connectivity index (χ1) is 12.4. The van der Waals surface area contributed by atoms with Crippen molar-refractivity contribution in [2.45, 2.75) is 38.3 Å². The fourth-order valence-electron chi connectivity index (χ4n) is 2.94. The van der Waals surface area contributed by atoms with Crippen LogP contribution in [0.3, 0.4) is 0 Å². The summed E-state index contributed by atoms with van der Waals surface area (Å²) in [5.41, 5.74) is 2.43. The fraction of sp³-hybridized carbons (Fsp3) is 0.368. The van der Waals surface area contributed by atoms with Gasteiger partial charge in [0.2, 0.25) is 0 Å². The zero-order chi connectivity index (χ0) is 18.6. The topological polar surface area (TPSA) is 51.2 Å². The summed E-state index contributed by atoms with van der Waals surface area (Å²) in [5, 5.41) is 2.54. The Morgan fingerprint density at radius 1 is 1.15 bits per heavy atom. The number of ether oxygens (including phenoxy) is 1. The van der Waals surface area contributed by atoms with Gasteiger partial charge in [0.1, 0.15) is 5.75 Å². The summed E-state index contributed by atoms with van der Waals surface area (Å²) in [5.74, 6) is -0.149. The van der Waals surface area contributed by atoms with Gasteiger partial charge in [-0.15, -0.1) is 0 Å². The van der Waals surface area contributed by atoms with E-state index in [1.165, 1.54) is 24.1 Å². The molecule has 0 bridgehead atoms. The molecule has 3 rings (SSSR count). The van der Waals surface area contributed by atoms with Gasteiger partial charge >= 0.3 is 12.3 Å². The lowest BCUT2D eigenvalue weighted by atomic mass is 9.96. The number of alkyl halides is 3. The number of aromatic nitrogens is 1. The third kappa shape index (κ3) is 4.74. The smallest absolute Gasteiger partial charge is 0.410 e. The van der Waals surface area contributed by atoms with Gasteiger partial charge < -0.3 is 10.1 Å². The molecule has 0 radical (unpaired) electrons. The summed E-state index contributed by atoms with van der Waals surface area (Å²) in [6.07, 6.45) is -0.360. The molecule has 0 atom stereocenters. The summed E-state index contributed by atoms with van der Waals surface area (Å²) in [7, 11) is 0. The fourth-order valence-corrected chi connectivity index (χ4v) is 2.94. The van der Waals surface area contributed by atoms with E-state index in [0.717, 1.165) is 42.8 Å². The monoisotopic (exact) mass is 364 g/mol. The molecule has 1 heterocycles. The molecular formula is C19H19F3N2O2. The quantitative estimate of drug-likeness (QED) is 0.880. The van der Waals surface area contributed by atoms with E-state index in [0.29, 0.717) is 13.0 Å². The van der Waals surface area contributed by atoms with Crippen LogP contribution in [0.15, 0.2) is 36.4 Å². The Morgan fingerprint density at radius 2 is 1.96 bits per heavy atom. The van der Waals surface area contributed by atoms with E-state index in [9.17, 15) is 18.0 Å². The Kier molecular flexibility index (Phi) is 5.44. The molecule has 1 aliphatic rings. The highest BCUT2D eigenvalue weighted by molar-refractivity contribution is 5.70. The second kappa shape index (κ2) is 7.76. The van der Waals surface area contributed by atoms with Gasteiger partial charge in [0.15, 0.2) is 0 Å². The molecule has 1 N–H and O–H groups in total. The van der Waals surface area contributed by atoms with Crippen molar-refractivity contribution in [2.24, 2.45) is 0 Å². The Morgan fingerprint density at radius 3 is 2.77 bits per heavy atom. The first kappa shape index (κ1) is 18.2. The van der Waals surface area contributed by atoms with E-state index in [1.807, 2.05) is 6.07 Å². The van der Waals surface area contributed by atoms with E-state index in [-0.39, 0.29) is 5.75 Å². The van der Waals surface area contributed by atoms with Crippen LogP contribution in [0.25, 0.3) is 0 Å². The van der Waals surface area contributed by atoms with Crippen molar-refractivity contribution in [1.29, 1.82) is 0 Å². The number of nitrogens with zero attached hydrogens (tertiary/aromatic N) is 1. The molecule has 0 saturated carbocycles. The van der Waals surface area contributed by atoms with E-state index in [4.69, 9.17) is 4.74 Å². The van der Waals surface area contributed by atoms with Crippen LogP contribution in [0, 0.1) is 0 Å². The normalized spacial score (nSPS) is 13.8. The average Bonchev–Trinajstić information content (AvgIpc) is 2.61. The minimum absolute atomic E-state index is 0.149. The van der Waals surface area contributed by atoms with Crippen molar-refractivity contribution in [1.82, 2.24) is 10.3 Å². The first-order valence-corrected chi connectivity index (χ1v) is 8.52. The number of carbonyl (C=O) groups excluding carboxylic acids is 1. The van der Waals surface area contributed by atoms with Gasteiger partial charge in [-0.25, -0.2) is 4.79 Å². The van der Waals surface area contributed by atoms with Crippen molar-refractivity contribution < 1.29 is 22.7 Å². The van der Waals surface area contributed by atoms with Crippen LogP contribution >= 0.6 is 0 Å². The molecule has 0 saturated heterocycles. The minimum Gasteiger partial charge on any atom is -0.410 e. The van der Waals surface area contributed by atoms with E-state index < -0.39 is 17.8 Å². The number of amides is 1. The number of nitrogens with one attached hydrogen (secondary N) is 1. The van der Waals surface area contributed by atoms with Gasteiger partial charge in [0.25, 0.3) is 0 Å². The predicted octanol–water partition coefficient (Wildman–Crippen LogP) is 4.31. The van der Waals surface area contributed by atoms with Crippen molar-refractivity contribution >= 4 is 6.09 Å². The number of aryl methyl sites for hydroxylation is 2. The lowest BCUT2D eigenvalue weighted by molar-refractivity contribution is -0.137. The molecule has 4 nitrogen and oxygen atoms in total. The second-order valence-corrected chi connectivity index (χ2v) is 6.21. The maximum atomic E-state index is 12.7. The maximum absolute atomic E-state index is 12.7. The van der Waals surface area contributed by atoms with Gasteiger partial charge in [-0.05, 0) is 55.5 Å². The molecule has 1 aromatic carbocycles.